The lowest BCUT2D eigenvalue weighted by Gasteiger charge is -2.14. The molecule has 4 amide bonds. The van der Waals surface area contributed by atoms with Gasteiger partial charge in [-0.1, -0.05) is 43.6 Å². The summed E-state index contributed by atoms with van der Waals surface area (Å²) in [6.45, 7) is 3.90. The Labute approximate surface area is 140 Å². The monoisotopic (exact) mass is 337 g/mol. The molecule has 1 aliphatic rings. The first-order valence-corrected chi connectivity index (χ1v) is 7.88. The Morgan fingerprint density at radius 1 is 1.35 bits per heavy atom. The van der Waals surface area contributed by atoms with Crippen LogP contribution in [0.25, 0.3) is 0 Å². The fraction of sp³-hybridized carbons (Fsp3) is 0.438. The van der Waals surface area contributed by atoms with Gasteiger partial charge in [0.2, 0.25) is 5.91 Å². The summed E-state index contributed by atoms with van der Waals surface area (Å²) in [6, 6.07) is 6.09. The van der Waals surface area contributed by atoms with Gasteiger partial charge in [0, 0.05) is 11.6 Å². The standard InChI is InChI=1S/C16H20ClN3O3/c1-10(2)7-13-15(22)20(16(23)19-13)9-14(21)18-8-11-5-3-4-6-12(11)17/h3-6,10,13H,7-9H2,1-2H3,(H,18,21)(H,19,23). The van der Waals surface area contributed by atoms with Crippen LogP contribution < -0.4 is 10.6 Å². The predicted molar refractivity (Wildman–Crippen MR) is 86.8 cm³/mol. The third-order valence-corrected chi connectivity index (χ3v) is 3.92. The van der Waals surface area contributed by atoms with Crippen LogP contribution in [0.5, 0.6) is 0 Å². The van der Waals surface area contributed by atoms with Gasteiger partial charge in [-0.15, -0.1) is 0 Å². The normalized spacial score (nSPS) is 17.6. The first-order valence-electron chi connectivity index (χ1n) is 7.50. The van der Waals surface area contributed by atoms with Crippen molar-refractivity contribution in [3.63, 3.8) is 0 Å². The molecular weight excluding hydrogens is 318 g/mol. The summed E-state index contributed by atoms with van der Waals surface area (Å²) in [4.78, 5) is 36.9. The van der Waals surface area contributed by atoms with Crippen LogP contribution in [0.3, 0.4) is 0 Å². The van der Waals surface area contributed by atoms with E-state index in [0.29, 0.717) is 11.4 Å². The third-order valence-electron chi connectivity index (χ3n) is 3.55. The van der Waals surface area contributed by atoms with E-state index in [1.165, 1.54) is 0 Å². The Kier molecular flexibility index (Phi) is 5.60. The van der Waals surface area contributed by atoms with E-state index >= 15 is 0 Å². The molecule has 124 valence electrons. The quantitative estimate of drug-likeness (QED) is 0.778. The maximum Gasteiger partial charge on any atom is 0.325 e. The maximum absolute atomic E-state index is 12.2. The Morgan fingerprint density at radius 3 is 2.70 bits per heavy atom. The van der Waals surface area contributed by atoms with Crippen LogP contribution >= 0.6 is 11.6 Å². The summed E-state index contributed by atoms with van der Waals surface area (Å²) in [7, 11) is 0. The fourth-order valence-electron chi connectivity index (χ4n) is 2.39. The summed E-state index contributed by atoms with van der Waals surface area (Å²) >= 11 is 6.01. The average molecular weight is 338 g/mol. The van der Waals surface area contributed by atoms with Crippen molar-refractivity contribution in [3.05, 3.63) is 34.9 Å². The van der Waals surface area contributed by atoms with Crippen molar-refractivity contribution in [3.8, 4) is 0 Å². The number of rotatable bonds is 6. The van der Waals surface area contributed by atoms with E-state index in [4.69, 9.17) is 11.6 Å². The van der Waals surface area contributed by atoms with Gasteiger partial charge < -0.3 is 10.6 Å². The molecule has 0 radical (unpaired) electrons. The molecule has 1 saturated heterocycles. The molecule has 0 saturated carbocycles. The summed E-state index contributed by atoms with van der Waals surface area (Å²) in [5, 5.41) is 5.83. The van der Waals surface area contributed by atoms with Crippen molar-refractivity contribution in [2.24, 2.45) is 5.92 Å². The van der Waals surface area contributed by atoms with Gasteiger partial charge >= 0.3 is 6.03 Å². The van der Waals surface area contributed by atoms with Gasteiger partial charge in [0.05, 0.1) is 0 Å². The molecule has 1 atom stereocenters. The number of carbonyl (C=O) groups excluding carboxylic acids is 3. The molecule has 1 aromatic carbocycles. The fourth-order valence-corrected chi connectivity index (χ4v) is 2.60. The summed E-state index contributed by atoms with van der Waals surface area (Å²) in [6.07, 6.45) is 0.558. The van der Waals surface area contributed by atoms with E-state index in [2.05, 4.69) is 10.6 Å². The van der Waals surface area contributed by atoms with E-state index in [1.54, 1.807) is 18.2 Å². The molecule has 1 aromatic rings. The van der Waals surface area contributed by atoms with Gasteiger partial charge in [0.15, 0.2) is 0 Å². The molecule has 6 nitrogen and oxygen atoms in total. The highest BCUT2D eigenvalue weighted by Crippen LogP contribution is 2.15. The zero-order valence-electron chi connectivity index (χ0n) is 13.1. The molecule has 0 bridgehead atoms. The lowest BCUT2D eigenvalue weighted by Crippen LogP contribution is -2.41. The minimum absolute atomic E-state index is 0.248. The average Bonchev–Trinajstić information content (AvgIpc) is 2.73. The molecule has 1 aliphatic heterocycles. The molecule has 1 heterocycles. The number of benzene rings is 1. The molecule has 23 heavy (non-hydrogen) atoms. The van der Waals surface area contributed by atoms with Crippen molar-refractivity contribution in [1.29, 1.82) is 0 Å². The topological polar surface area (TPSA) is 78.5 Å². The second-order valence-electron chi connectivity index (χ2n) is 5.92. The molecule has 2 N–H and O–H groups in total. The molecule has 0 spiro atoms. The highest BCUT2D eigenvalue weighted by atomic mass is 35.5. The smallest absolute Gasteiger partial charge is 0.325 e. The number of hydrogen-bond acceptors (Lipinski definition) is 3. The van der Waals surface area contributed by atoms with Gasteiger partial charge in [0.25, 0.3) is 5.91 Å². The number of nitrogens with zero attached hydrogens (tertiary/aromatic N) is 1. The van der Waals surface area contributed by atoms with Gasteiger partial charge in [-0.25, -0.2) is 4.79 Å². The zero-order valence-corrected chi connectivity index (χ0v) is 13.9. The Balaban J connectivity index is 1.89. The van der Waals surface area contributed by atoms with Gasteiger partial charge in [0.1, 0.15) is 12.6 Å². The Morgan fingerprint density at radius 2 is 2.04 bits per heavy atom. The lowest BCUT2D eigenvalue weighted by atomic mass is 10.0. The highest BCUT2D eigenvalue weighted by Gasteiger charge is 2.38. The molecular formula is C16H20ClN3O3. The van der Waals surface area contributed by atoms with Crippen LogP contribution in [0.15, 0.2) is 24.3 Å². The van der Waals surface area contributed by atoms with Gasteiger partial charge in [-0.05, 0) is 24.0 Å². The van der Waals surface area contributed by atoms with E-state index in [1.807, 2.05) is 19.9 Å². The lowest BCUT2D eigenvalue weighted by molar-refractivity contribution is -0.132. The van der Waals surface area contributed by atoms with E-state index in [0.717, 1.165) is 10.5 Å². The van der Waals surface area contributed by atoms with Crippen molar-refractivity contribution in [2.75, 3.05) is 6.54 Å². The number of carbonyl (C=O) groups is 3. The minimum Gasteiger partial charge on any atom is -0.350 e. The van der Waals surface area contributed by atoms with E-state index in [9.17, 15) is 14.4 Å². The molecule has 7 heteroatoms. The highest BCUT2D eigenvalue weighted by molar-refractivity contribution is 6.31. The summed E-state index contributed by atoms with van der Waals surface area (Å²) < 4.78 is 0. The van der Waals surface area contributed by atoms with Crippen LogP contribution in [0.4, 0.5) is 4.79 Å². The largest absolute Gasteiger partial charge is 0.350 e. The van der Waals surface area contributed by atoms with E-state index < -0.39 is 18.0 Å². The van der Waals surface area contributed by atoms with Gasteiger partial charge in [-0.2, -0.15) is 0 Å². The van der Waals surface area contributed by atoms with Gasteiger partial charge in [-0.3, -0.25) is 14.5 Å². The molecule has 1 unspecified atom stereocenters. The number of hydrogen-bond donors (Lipinski definition) is 2. The van der Waals surface area contributed by atoms with Crippen molar-refractivity contribution in [2.45, 2.75) is 32.9 Å². The molecule has 0 aromatic heterocycles. The Bertz CT molecular complexity index is 618. The maximum atomic E-state index is 12.2. The second kappa shape index (κ2) is 7.46. The number of urea groups is 1. The van der Waals surface area contributed by atoms with Crippen molar-refractivity contribution in [1.82, 2.24) is 15.5 Å². The first kappa shape index (κ1) is 17.3. The number of amides is 4. The molecule has 1 fully saturated rings. The SMILES string of the molecule is CC(C)CC1NC(=O)N(CC(=O)NCc2ccccc2Cl)C1=O. The third kappa shape index (κ3) is 4.45. The summed E-state index contributed by atoms with van der Waals surface area (Å²) in [5.41, 5.74) is 0.775. The zero-order chi connectivity index (χ0) is 17.0. The number of halogens is 1. The van der Waals surface area contributed by atoms with Crippen LogP contribution in [-0.2, 0) is 16.1 Å². The van der Waals surface area contributed by atoms with Crippen LogP contribution in [0.1, 0.15) is 25.8 Å². The van der Waals surface area contributed by atoms with Crippen LogP contribution in [0.2, 0.25) is 5.02 Å². The van der Waals surface area contributed by atoms with Crippen LogP contribution in [0, 0.1) is 5.92 Å². The first-order chi connectivity index (χ1) is 10.9. The van der Waals surface area contributed by atoms with Crippen molar-refractivity contribution < 1.29 is 14.4 Å². The Hall–Kier alpha value is -2.08. The number of imide groups is 1. The second-order valence-corrected chi connectivity index (χ2v) is 6.33. The minimum atomic E-state index is -0.543. The molecule has 0 aliphatic carbocycles. The number of nitrogens with one attached hydrogen (secondary N) is 2. The predicted octanol–water partition coefficient (Wildman–Crippen LogP) is 1.92. The summed E-state index contributed by atoms with van der Waals surface area (Å²) in [5.74, 6) is -0.478. The van der Waals surface area contributed by atoms with E-state index in [-0.39, 0.29) is 24.9 Å². The molecule has 2 rings (SSSR count). The van der Waals surface area contributed by atoms with Crippen LogP contribution in [-0.4, -0.2) is 35.3 Å². The van der Waals surface area contributed by atoms with Crippen molar-refractivity contribution >= 4 is 29.4 Å².